The van der Waals surface area contributed by atoms with Crippen molar-refractivity contribution < 1.29 is 13.2 Å². The predicted octanol–water partition coefficient (Wildman–Crippen LogP) is 3.87. The van der Waals surface area contributed by atoms with E-state index in [-0.39, 0.29) is 5.91 Å². The third-order valence-electron chi connectivity index (χ3n) is 4.62. The first-order chi connectivity index (χ1) is 12.3. The average molecular weight is 383 g/mol. The smallest absolute Gasteiger partial charge is 0.232 e. The van der Waals surface area contributed by atoms with Crippen molar-refractivity contribution in [3.05, 3.63) is 29.8 Å². The molecule has 1 aromatic rings. The fourth-order valence-electron chi connectivity index (χ4n) is 2.87. The number of anilines is 1. The van der Waals surface area contributed by atoms with E-state index in [4.69, 9.17) is 0 Å². The van der Waals surface area contributed by atoms with Gasteiger partial charge in [-0.15, -0.1) is 0 Å². The van der Waals surface area contributed by atoms with Gasteiger partial charge < -0.3 is 5.32 Å². The van der Waals surface area contributed by atoms with E-state index in [1.807, 2.05) is 19.1 Å². The lowest BCUT2D eigenvalue weighted by atomic mass is 9.99. The maximum absolute atomic E-state index is 12.1. The summed E-state index contributed by atoms with van der Waals surface area (Å²) in [6.07, 6.45) is 6.60. The molecule has 0 aliphatic rings. The van der Waals surface area contributed by atoms with Crippen LogP contribution in [0.2, 0.25) is 0 Å². The second kappa shape index (κ2) is 11.2. The Morgan fingerprint density at radius 1 is 1.15 bits per heavy atom. The van der Waals surface area contributed by atoms with Gasteiger partial charge in [0.1, 0.15) is 0 Å². The van der Waals surface area contributed by atoms with Gasteiger partial charge in [-0.2, -0.15) is 0 Å². The van der Waals surface area contributed by atoms with Gasteiger partial charge in [-0.3, -0.25) is 9.10 Å². The van der Waals surface area contributed by atoms with E-state index in [1.54, 1.807) is 12.1 Å². The van der Waals surface area contributed by atoms with E-state index in [0.29, 0.717) is 37.5 Å². The van der Waals surface area contributed by atoms with Crippen molar-refractivity contribution in [2.75, 3.05) is 23.7 Å². The Balaban J connectivity index is 2.49. The van der Waals surface area contributed by atoms with Gasteiger partial charge in [-0.1, -0.05) is 50.8 Å². The minimum Gasteiger partial charge on any atom is -0.356 e. The molecule has 1 rings (SSSR count). The van der Waals surface area contributed by atoms with Gasteiger partial charge in [-0.05, 0) is 37.8 Å². The zero-order valence-electron chi connectivity index (χ0n) is 16.6. The molecule has 0 heterocycles. The number of benzene rings is 1. The number of carbonyl (C=O) groups is 1. The molecule has 6 heteroatoms. The molecule has 0 radical (unpaired) electrons. The Labute approximate surface area is 159 Å². The predicted molar refractivity (Wildman–Crippen MR) is 109 cm³/mol. The van der Waals surface area contributed by atoms with Crippen molar-refractivity contribution in [3.63, 3.8) is 0 Å². The largest absolute Gasteiger partial charge is 0.356 e. The van der Waals surface area contributed by atoms with Crippen LogP contribution in [0.15, 0.2) is 24.3 Å². The van der Waals surface area contributed by atoms with Crippen molar-refractivity contribution in [1.82, 2.24) is 5.32 Å². The maximum Gasteiger partial charge on any atom is 0.232 e. The molecule has 0 fully saturated rings. The highest BCUT2D eigenvalue weighted by Crippen LogP contribution is 2.19. The molecule has 1 aromatic carbocycles. The van der Waals surface area contributed by atoms with Crippen molar-refractivity contribution in [1.29, 1.82) is 0 Å². The molecule has 5 nitrogen and oxygen atoms in total. The SMILES string of the molecule is CCCC[C@@H](CC)CNC(=O)CCCN(c1ccc(C)cc1)S(C)(=O)=O. The summed E-state index contributed by atoms with van der Waals surface area (Å²) in [5, 5.41) is 3.00. The molecule has 1 atom stereocenters. The van der Waals surface area contributed by atoms with E-state index in [1.165, 1.54) is 23.4 Å². The summed E-state index contributed by atoms with van der Waals surface area (Å²) < 4.78 is 25.5. The first kappa shape index (κ1) is 22.5. The Hall–Kier alpha value is -1.56. The van der Waals surface area contributed by atoms with Crippen LogP contribution in [0.3, 0.4) is 0 Å². The number of nitrogens with one attached hydrogen (secondary N) is 1. The van der Waals surface area contributed by atoms with Gasteiger partial charge in [0.2, 0.25) is 15.9 Å². The number of carbonyl (C=O) groups excluding carboxylic acids is 1. The molecule has 0 aliphatic heterocycles. The number of aryl methyl sites for hydroxylation is 1. The van der Waals surface area contributed by atoms with Crippen LogP contribution in [0.5, 0.6) is 0 Å². The summed E-state index contributed by atoms with van der Waals surface area (Å²) in [5.41, 5.74) is 1.72. The summed E-state index contributed by atoms with van der Waals surface area (Å²) in [7, 11) is -3.37. The maximum atomic E-state index is 12.1. The molecular formula is C20H34N2O3S. The summed E-state index contributed by atoms with van der Waals surface area (Å²) in [4.78, 5) is 12.1. The van der Waals surface area contributed by atoms with Gasteiger partial charge in [-0.25, -0.2) is 8.42 Å². The molecule has 0 spiro atoms. The van der Waals surface area contributed by atoms with Crippen LogP contribution in [0.25, 0.3) is 0 Å². The van der Waals surface area contributed by atoms with Crippen LogP contribution in [-0.4, -0.2) is 33.7 Å². The summed E-state index contributed by atoms with van der Waals surface area (Å²) in [6.45, 7) is 7.30. The first-order valence-electron chi connectivity index (χ1n) is 9.59. The highest BCUT2D eigenvalue weighted by atomic mass is 32.2. The number of hydrogen-bond acceptors (Lipinski definition) is 3. The second-order valence-electron chi connectivity index (χ2n) is 6.99. The Morgan fingerprint density at radius 2 is 1.81 bits per heavy atom. The summed E-state index contributed by atoms with van der Waals surface area (Å²) >= 11 is 0. The van der Waals surface area contributed by atoms with Crippen LogP contribution in [-0.2, 0) is 14.8 Å². The molecule has 0 aliphatic carbocycles. The minimum atomic E-state index is -3.37. The minimum absolute atomic E-state index is 0.00249. The molecule has 0 saturated carbocycles. The topological polar surface area (TPSA) is 66.5 Å². The molecule has 0 unspecified atom stereocenters. The van der Waals surface area contributed by atoms with Crippen molar-refractivity contribution >= 4 is 21.6 Å². The number of unbranched alkanes of at least 4 members (excludes halogenated alkanes) is 1. The van der Waals surface area contributed by atoms with Gasteiger partial charge in [0.05, 0.1) is 11.9 Å². The fourth-order valence-corrected chi connectivity index (χ4v) is 3.84. The van der Waals surface area contributed by atoms with Gasteiger partial charge in [0.15, 0.2) is 0 Å². The normalized spacial score (nSPS) is 12.6. The third-order valence-corrected chi connectivity index (χ3v) is 5.81. The van der Waals surface area contributed by atoms with E-state index in [0.717, 1.165) is 18.4 Å². The monoisotopic (exact) mass is 382 g/mol. The Bertz CT molecular complexity index is 642. The van der Waals surface area contributed by atoms with Gasteiger partial charge >= 0.3 is 0 Å². The Morgan fingerprint density at radius 3 is 2.35 bits per heavy atom. The summed E-state index contributed by atoms with van der Waals surface area (Å²) in [5.74, 6) is 0.524. The highest BCUT2D eigenvalue weighted by molar-refractivity contribution is 7.92. The zero-order valence-corrected chi connectivity index (χ0v) is 17.4. The first-order valence-corrected chi connectivity index (χ1v) is 11.4. The van der Waals surface area contributed by atoms with Crippen LogP contribution in [0.1, 0.15) is 57.9 Å². The zero-order chi connectivity index (χ0) is 19.6. The third kappa shape index (κ3) is 8.21. The average Bonchev–Trinajstić information content (AvgIpc) is 2.59. The quantitative estimate of drug-likeness (QED) is 0.597. The number of nitrogens with zero attached hydrogens (tertiary/aromatic N) is 1. The van der Waals surface area contributed by atoms with Crippen molar-refractivity contribution in [3.8, 4) is 0 Å². The van der Waals surface area contributed by atoms with Gasteiger partial charge in [0, 0.05) is 19.5 Å². The molecular weight excluding hydrogens is 348 g/mol. The summed E-state index contributed by atoms with van der Waals surface area (Å²) in [6, 6.07) is 7.38. The molecule has 1 amide bonds. The van der Waals surface area contributed by atoms with E-state index in [9.17, 15) is 13.2 Å². The fraction of sp³-hybridized carbons (Fsp3) is 0.650. The lowest BCUT2D eigenvalue weighted by molar-refractivity contribution is -0.121. The van der Waals surface area contributed by atoms with Crippen LogP contribution in [0.4, 0.5) is 5.69 Å². The molecule has 1 N–H and O–H groups in total. The molecule has 0 bridgehead atoms. The second-order valence-corrected chi connectivity index (χ2v) is 8.90. The van der Waals surface area contributed by atoms with Crippen LogP contribution in [0, 0.1) is 12.8 Å². The Kier molecular flexibility index (Phi) is 9.70. The number of amides is 1. The lowest BCUT2D eigenvalue weighted by Gasteiger charge is -2.22. The molecule has 0 aromatic heterocycles. The van der Waals surface area contributed by atoms with Crippen molar-refractivity contribution in [2.24, 2.45) is 5.92 Å². The highest BCUT2D eigenvalue weighted by Gasteiger charge is 2.17. The van der Waals surface area contributed by atoms with Crippen LogP contribution < -0.4 is 9.62 Å². The standard InChI is InChI=1S/C20H34N2O3S/c1-5-7-9-18(6-2)16-21-20(23)10-8-15-22(26(4,24)25)19-13-11-17(3)12-14-19/h11-14,18H,5-10,15-16H2,1-4H3,(H,21,23)/t18-/m1/s1. The van der Waals surface area contributed by atoms with Crippen molar-refractivity contribution in [2.45, 2.75) is 59.3 Å². The molecule has 26 heavy (non-hydrogen) atoms. The lowest BCUT2D eigenvalue weighted by Crippen LogP contribution is -2.33. The van der Waals surface area contributed by atoms with E-state index in [2.05, 4.69) is 19.2 Å². The molecule has 0 saturated heterocycles. The number of sulfonamides is 1. The molecule has 148 valence electrons. The number of hydrogen-bond donors (Lipinski definition) is 1. The number of rotatable bonds is 12. The van der Waals surface area contributed by atoms with Gasteiger partial charge in [0.25, 0.3) is 0 Å². The van der Waals surface area contributed by atoms with E-state index < -0.39 is 10.0 Å². The van der Waals surface area contributed by atoms with E-state index >= 15 is 0 Å². The van der Waals surface area contributed by atoms with Crippen LogP contribution >= 0.6 is 0 Å².